The molecule has 2 amide bonds. The van der Waals surface area contributed by atoms with Gasteiger partial charge in [-0.3, -0.25) is 19.7 Å². The number of nitro groups is 1. The van der Waals surface area contributed by atoms with E-state index in [0.717, 1.165) is 31.2 Å². The first-order valence-corrected chi connectivity index (χ1v) is 9.92. The van der Waals surface area contributed by atoms with E-state index in [9.17, 15) is 19.7 Å². The summed E-state index contributed by atoms with van der Waals surface area (Å²) in [5.41, 5.74) is 0.746. The van der Waals surface area contributed by atoms with E-state index in [1.807, 2.05) is 0 Å². The minimum absolute atomic E-state index is 0.0208. The van der Waals surface area contributed by atoms with Gasteiger partial charge in [-0.1, -0.05) is 13.8 Å². The monoisotopic (exact) mass is 385 g/mol. The van der Waals surface area contributed by atoms with Gasteiger partial charge in [0.1, 0.15) is 0 Å². The van der Waals surface area contributed by atoms with E-state index in [-0.39, 0.29) is 35.5 Å². The summed E-state index contributed by atoms with van der Waals surface area (Å²) >= 11 is 0. The van der Waals surface area contributed by atoms with E-state index in [1.165, 1.54) is 18.2 Å². The molecule has 0 radical (unpaired) electrons. The smallest absolute Gasteiger partial charge is 0.269 e. The zero-order valence-corrected chi connectivity index (χ0v) is 16.3. The number of carbonyl (C=O) groups is 2. The van der Waals surface area contributed by atoms with E-state index in [1.54, 1.807) is 18.2 Å². The lowest BCUT2D eigenvalue weighted by Gasteiger charge is -2.46. The molecule has 0 spiro atoms. The molecule has 7 heteroatoms. The standard InChI is InChI=1S/C21H27N3O4/c1-3-17-13(2)18-10-7-15(12-19(18)23-21(17)26)22-20(25)11-6-14-4-8-16(9-5-14)24(27)28/h4-6,8-9,11,13,15,17-19H,3,7,10,12H2,1-2H3,(H,22,25)(H,23,26)/b11-6-. The van der Waals surface area contributed by atoms with Crippen LogP contribution in [0.2, 0.25) is 0 Å². The first-order valence-electron chi connectivity index (χ1n) is 9.92. The number of nitro benzene ring substituents is 1. The molecule has 2 aliphatic rings. The molecule has 1 saturated heterocycles. The average Bonchev–Trinajstić information content (AvgIpc) is 2.67. The molecular formula is C21H27N3O4. The second-order valence-electron chi connectivity index (χ2n) is 7.85. The molecule has 1 aromatic rings. The predicted molar refractivity (Wildman–Crippen MR) is 106 cm³/mol. The fourth-order valence-electron chi connectivity index (χ4n) is 4.63. The molecule has 0 bridgehead atoms. The van der Waals surface area contributed by atoms with Crippen molar-refractivity contribution in [1.82, 2.24) is 10.6 Å². The van der Waals surface area contributed by atoms with Crippen molar-refractivity contribution in [3.63, 3.8) is 0 Å². The van der Waals surface area contributed by atoms with E-state index < -0.39 is 4.92 Å². The first kappa shape index (κ1) is 20.0. The molecule has 1 heterocycles. The topological polar surface area (TPSA) is 101 Å². The summed E-state index contributed by atoms with van der Waals surface area (Å²) < 4.78 is 0. The molecule has 1 aliphatic heterocycles. The summed E-state index contributed by atoms with van der Waals surface area (Å²) in [5, 5.41) is 16.9. The third kappa shape index (κ3) is 4.40. The van der Waals surface area contributed by atoms with Crippen LogP contribution in [0, 0.1) is 27.9 Å². The van der Waals surface area contributed by atoms with Gasteiger partial charge in [-0.05, 0) is 61.3 Å². The van der Waals surface area contributed by atoms with Gasteiger partial charge in [0.05, 0.1) is 4.92 Å². The molecule has 2 fully saturated rings. The van der Waals surface area contributed by atoms with Crippen molar-refractivity contribution < 1.29 is 14.5 Å². The van der Waals surface area contributed by atoms with Crippen molar-refractivity contribution in [1.29, 1.82) is 0 Å². The maximum absolute atomic E-state index is 12.3. The Morgan fingerprint density at radius 1 is 1.32 bits per heavy atom. The summed E-state index contributed by atoms with van der Waals surface area (Å²) in [7, 11) is 0. The number of piperidine rings is 1. The number of hydrogen-bond acceptors (Lipinski definition) is 4. The van der Waals surface area contributed by atoms with Crippen LogP contribution < -0.4 is 10.6 Å². The van der Waals surface area contributed by atoms with Gasteiger partial charge in [0, 0.05) is 36.2 Å². The van der Waals surface area contributed by atoms with Crippen LogP contribution in [0.3, 0.4) is 0 Å². The quantitative estimate of drug-likeness (QED) is 0.462. The third-order valence-electron chi connectivity index (χ3n) is 6.20. The molecule has 5 atom stereocenters. The number of nitrogens with one attached hydrogen (secondary N) is 2. The van der Waals surface area contributed by atoms with Gasteiger partial charge in [0.25, 0.3) is 5.69 Å². The largest absolute Gasteiger partial charge is 0.353 e. The Morgan fingerprint density at radius 2 is 2.04 bits per heavy atom. The number of amides is 2. The molecule has 150 valence electrons. The fourth-order valence-corrected chi connectivity index (χ4v) is 4.63. The third-order valence-corrected chi connectivity index (χ3v) is 6.20. The molecule has 5 unspecified atom stereocenters. The van der Waals surface area contributed by atoms with Crippen LogP contribution in [-0.2, 0) is 9.59 Å². The summed E-state index contributed by atoms with van der Waals surface area (Å²) in [4.78, 5) is 34.8. The molecule has 1 aromatic carbocycles. The van der Waals surface area contributed by atoms with Gasteiger partial charge in [-0.25, -0.2) is 0 Å². The van der Waals surface area contributed by atoms with E-state index in [4.69, 9.17) is 0 Å². The number of nitrogens with zero attached hydrogens (tertiary/aromatic N) is 1. The number of rotatable bonds is 5. The predicted octanol–water partition coefficient (Wildman–Crippen LogP) is 3.05. The zero-order valence-electron chi connectivity index (χ0n) is 16.3. The highest BCUT2D eigenvalue weighted by molar-refractivity contribution is 5.92. The van der Waals surface area contributed by atoms with Crippen molar-refractivity contribution in [2.24, 2.45) is 17.8 Å². The van der Waals surface area contributed by atoms with Crippen molar-refractivity contribution >= 4 is 23.6 Å². The van der Waals surface area contributed by atoms with Crippen LogP contribution in [0.25, 0.3) is 6.08 Å². The number of fused-ring (bicyclic) bond motifs is 1. The van der Waals surface area contributed by atoms with Crippen molar-refractivity contribution in [2.75, 3.05) is 0 Å². The van der Waals surface area contributed by atoms with Gasteiger partial charge in [-0.15, -0.1) is 0 Å². The number of non-ortho nitro benzene ring substituents is 1. The molecule has 1 saturated carbocycles. The maximum atomic E-state index is 12.3. The Kier molecular flexibility index (Phi) is 6.11. The number of hydrogen-bond donors (Lipinski definition) is 2. The Bertz CT molecular complexity index is 774. The van der Waals surface area contributed by atoms with E-state index in [2.05, 4.69) is 24.5 Å². The van der Waals surface area contributed by atoms with Gasteiger partial charge in [0.15, 0.2) is 0 Å². The zero-order chi connectivity index (χ0) is 20.3. The van der Waals surface area contributed by atoms with Crippen LogP contribution in [0.5, 0.6) is 0 Å². The number of carbonyl (C=O) groups excluding carboxylic acids is 2. The van der Waals surface area contributed by atoms with E-state index >= 15 is 0 Å². The minimum atomic E-state index is -0.454. The Balaban J connectivity index is 1.54. The molecule has 3 rings (SSSR count). The number of benzene rings is 1. The van der Waals surface area contributed by atoms with Gasteiger partial charge < -0.3 is 10.6 Å². The molecule has 1 aliphatic carbocycles. The summed E-state index contributed by atoms with van der Waals surface area (Å²) in [6.45, 7) is 4.24. The van der Waals surface area contributed by atoms with Crippen molar-refractivity contribution in [2.45, 2.75) is 51.6 Å². The van der Waals surface area contributed by atoms with Crippen LogP contribution in [0.4, 0.5) is 5.69 Å². The Labute approximate surface area is 164 Å². The lowest BCUT2D eigenvalue weighted by atomic mass is 9.67. The minimum Gasteiger partial charge on any atom is -0.353 e. The summed E-state index contributed by atoms with van der Waals surface area (Å²) in [5.74, 6) is 0.899. The molecule has 28 heavy (non-hydrogen) atoms. The maximum Gasteiger partial charge on any atom is 0.269 e. The second kappa shape index (κ2) is 8.54. The molecule has 2 N–H and O–H groups in total. The molecular weight excluding hydrogens is 358 g/mol. The summed E-state index contributed by atoms with van der Waals surface area (Å²) in [6.07, 6.45) is 6.62. The molecule has 0 aromatic heterocycles. The second-order valence-corrected chi connectivity index (χ2v) is 7.85. The van der Waals surface area contributed by atoms with E-state index in [0.29, 0.717) is 11.8 Å². The Morgan fingerprint density at radius 3 is 2.68 bits per heavy atom. The van der Waals surface area contributed by atoms with Gasteiger partial charge in [0.2, 0.25) is 11.8 Å². The van der Waals surface area contributed by atoms with Crippen molar-refractivity contribution in [3.05, 3.63) is 46.0 Å². The SMILES string of the molecule is CCC1C(=O)NC2CC(NC(=O)/C=C\c3ccc([N+](=O)[O-])cc3)CCC2C1C. The highest BCUT2D eigenvalue weighted by Crippen LogP contribution is 2.38. The average molecular weight is 385 g/mol. The fraction of sp³-hybridized carbons (Fsp3) is 0.524. The molecule has 7 nitrogen and oxygen atoms in total. The van der Waals surface area contributed by atoms with Crippen LogP contribution in [0.1, 0.15) is 45.1 Å². The lowest BCUT2D eigenvalue weighted by Crippen LogP contribution is -2.58. The normalized spacial score (nSPS) is 29.8. The highest BCUT2D eigenvalue weighted by Gasteiger charge is 2.43. The highest BCUT2D eigenvalue weighted by atomic mass is 16.6. The first-order chi connectivity index (χ1) is 13.4. The van der Waals surface area contributed by atoms with Crippen LogP contribution in [0.15, 0.2) is 30.3 Å². The van der Waals surface area contributed by atoms with Crippen molar-refractivity contribution in [3.8, 4) is 0 Å². The van der Waals surface area contributed by atoms with Crippen LogP contribution in [-0.4, -0.2) is 28.8 Å². The summed E-state index contributed by atoms with van der Waals surface area (Å²) in [6, 6.07) is 6.21. The lowest BCUT2D eigenvalue weighted by molar-refractivity contribution is -0.384. The van der Waals surface area contributed by atoms with Gasteiger partial charge >= 0.3 is 0 Å². The Hall–Kier alpha value is -2.70. The van der Waals surface area contributed by atoms with Crippen LogP contribution >= 0.6 is 0 Å². The van der Waals surface area contributed by atoms with Gasteiger partial charge in [-0.2, -0.15) is 0 Å².